The molecule has 1 aromatic rings. The highest BCUT2D eigenvalue weighted by atomic mass is 127. The second-order valence-corrected chi connectivity index (χ2v) is 7.60. The van der Waals surface area contributed by atoms with E-state index in [1.165, 1.54) is 10.5 Å². The number of nitrogens with one attached hydrogen (secondary N) is 1. The van der Waals surface area contributed by atoms with Crippen molar-refractivity contribution in [1.29, 1.82) is 0 Å². The molecule has 2 aliphatic heterocycles. The highest BCUT2D eigenvalue weighted by Gasteiger charge is 2.25. The Hall–Kier alpha value is -1.39. The molecule has 2 heterocycles. The average Bonchev–Trinajstić information content (AvgIpc) is 2.68. The number of likely N-dealkylation sites (tertiary alicyclic amines) is 1. The Balaban J connectivity index is 0.00000300. The summed E-state index contributed by atoms with van der Waals surface area (Å²) in [5.74, 6) is 0.685. The van der Waals surface area contributed by atoms with E-state index in [1.807, 2.05) is 18.2 Å². The Morgan fingerprint density at radius 3 is 2.45 bits per heavy atom. The van der Waals surface area contributed by atoms with Crippen molar-refractivity contribution in [3.05, 3.63) is 34.9 Å². The average molecular weight is 534 g/mol. The predicted molar refractivity (Wildman–Crippen MR) is 126 cm³/mol. The number of hydrogen-bond donors (Lipinski definition) is 1. The van der Waals surface area contributed by atoms with Gasteiger partial charge in [0.15, 0.2) is 5.96 Å². The second kappa shape index (κ2) is 11.7. The van der Waals surface area contributed by atoms with Crippen molar-refractivity contribution < 1.29 is 9.59 Å². The molecule has 0 atom stereocenters. The van der Waals surface area contributed by atoms with Crippen LogP contribution in [0, 0.1) is 0 Å². The molecule has 2 saturated heterocycles. The summed E-state index contributed by atoms with van der Waals surface area (Å²) in [6, 6.07) is 7.99. The number of imide groups is 1. The van der Waals surface area contributed by atoms with Gasteiger partial charge >= 0.3 is 0 Å². The Morgan fingerprint density at radius 1 is 1.14 bits per heavy atom. The molecule has 1 aromatic carbocycles. The molecule has 0 aliphatic carbocycles. The lowest BCUT2D eigenvalue weighted by atomic mass is 10.1. The lowest BCUT2D eigenvalue weighted by Gasteiger charge is -2.36. The molecule has 3 rings (SSSR count). The summed E-state index contributed by atoms with van der Waals surface area (Å²) in [5.41, 5.74) is 1.22. The van der Waals surface area contributed by atoms with Crippen LogP contribution in [0.5, 0.6) is 0 Å². The third-order valence-corrected chi connectivity index (χ3v) is 5.42. The van der Waals surface area contributed by atoms with Gasteiger partial charge in [-0.1, -0.05) is 23.7 Å². The van der Waals surface area contributed by atoms with Gasteiger partial charge in [-0.05, 0) is 24.1 Å². The zero-order valence-corrected chi connectivity index (χ0v) is 19.9. The topological polar surface area (TPSA) is 68.2 Å². The van der Waals surface area contributed by atoms with Crippen molar-refractivity contribution in [2.75, 3.05) is 46.3 Å². The molecule has 0 radical (unpaired) electrons. The van der Waals surface area contributed by atoms with Gasteiger partial charge in [-0.25, -0.2) is 0 Å². The van der Waals surface area contributed by atoms with Crippen molar-refractivity contribution >= 4 is 53.4 Å². The molecule has 2 fully saturated rings. The first kappa shape index (κ1) is 23.9. The van der Waals surface area contributed by atoms with E-state index in [-0.39, 0.29) is 35.8 Å². The number of carbonyl (C=O) groups excluding carboxylic acids is 2. The predicted octanol–water partition coefficient (Wildman–Crippen LogP) is 2.19. The van der Waals surface area contributed by atoms with Crippen LogP contribution in [-0.2, 0) is 16.1 Å². The summed E-state index contributed by atoms with van der Waals surface area (Å²) >= 11 is 6.07. The van der Waals surface area contributed by atoms with Gasteiger partial charge in [-0.3, -0.25) is 24.4 Å². The molecule has 0 bridgehead atoms. The number of guanidine groups is 1. The van der Waals surface area contributed by atoms with Gasteiger partial charge in [-0.15, -0.1) is 24.0 Å². The first-order valence-electron chi connectivity index (χ1n) is 9.82. The van der Waals surface area contributed by atoms with Crippen LogP contribution in [0.1, 0.15) is 24.8 Å². The highest BCUT2D eigenvalue weighted by Crippen LogP contribution is 2.14. The maximum Gasteiger partial charge on any atom is 0.229 e. The molecule has 1 N–H and O–H groups in total. The molecule has 160 valence electrons. The van der Waals surface area contributed by atoms with E-state index in [0.717, 1.165) is 43.7 Å². The zero-order chi connectivity index (χ0) is 19.9. The summed E-state index contributed by atoms with van der Waals surface area (Å²) in [5, 5.41) is 4.06. The minimum absolute atomic E-state index is 0. The highest BCUT2D eigenvalue weighted by molar-refractivity contribution is 14.0. The number of amides is 2. The zero-order valence-electron chi connectivity index (χ0n) is 16.8. The van der Waals surface area contributed by atoms with Gasteiger partial charge < -0.3 is 10.2 Å². The molecule has 9 heteroatoms. The molecule has 0 unspecified atom stereocenters. The van der Waals surface area contributed by atoms with Crippen LogP contribution >= 0.6 is 35.6 Å². The number of piperidine rings is 1. The molecular weight excluding hydrogens is 505 g/mol. The largest absolute Gasteiger partial charge is 0.354 e. The van der Waals surface area contributed by atoms with Crippen molar-refractivity contribution in [2.24, 2.45) is 4.99 Å². The summed E-state index contributed by atoms with van der Waals surface area (Å²) in [6.07, 6.45) is 1.60. The number of benzene rings is 1. The Labute approximate surface area is 194 Å². The number of piperazine rings is 1. The van der Waals surface area contributed by atoms with Crippen LogP contribution in [0.25, 0.3) is 0 Å². The fourth-order valence-corrected chi connectivity index (χ4v) is 3.89. The summed E-state index contributed by atoms with van der Waals surface area (Å²) in [6.45, 7) is 5.44. The van der Waals surface area contributed by atoms with Crippen molar-refractivity contribution in [1.82, 2.24) is 20.0 Å². The Bertz CT molecular complexity index is 721. The number of rotatable bonds is 5. The van der Waals surface area contributed by atoms with Gasteiger partial charge in [0.2, 0.25) is 11.8 Å². The van der Waals surface area contributed by atoms with Crippen molar-refractivity contribution in [3.8, 4) is 0 Å². The fraction of sp³-hybridized carbons (Fsp3) is 0.550. The number of halogens is 2. The molecule has 0 spiro atoms. The lowest BCUT2D eigenvalue weighted by Crippen LogP contribution is -2.53. The lowest BCUT2D eigenvalue weighted by molar-refractivity contribution is -0.147. The maximum absolute atomic E-state index is 11.9. The SMILES string of the molecule is CN=C(NCCN1C(=O)CCCC1=O)N1CCN(Cc2cccc(Cl)c2)CC1.I. The van der Waals surface area contributed by atoms with Crippen LogP contribution in [0.15, 0.2) is 29.3 Å². The second-order valence-electron chi connectivity index (χ2n) is 7.16. The quantitative estimate of drug-likeness (QED) is 0.272. The maximum atomic E-state index is 11.9. The van der Waals surface area contributed by atoms with E-state index in [1.54, 1.807) is 7.05 Å². The smallest absolute Gasteiger partial charge is 0.229 e. The minimum atomic E-state index is -0.0670. The van der Waals surface area contributed by atoms with E-state index < -0.39 is 0 Å². The normalized spacial score (nSPS) is 18.6. The van der Waals surface area contributed by atoms with Crippen molar-refractivity contribution in [3.63, 3.8) is 0 Å². The van der Waals surface area contributed by atoms with Gasteiger partial charge in [0.25, 0.3) is 0 Å². The monoisotopic (exact) mass is 533 g/mol. The molecule has 7 nitrogen and oxygen atoms in total. The van der Waals surface area contributed by atoms with Crippen molar-refractivity contribution in [2.45, 2.75) is 25.8 Å². The van der Waals surface area contributed by atoms with Crippen LogP contribution in [0.4, 0.5) is 0 Å². The standard InChI is InChI=1S/C20H28ClN5O2.HI/c1-22-20(23-8-9-26-18(27)6-3-7-19(26)28)25-12-10-24(11-13-25)15-16-4-2-5-17(21)14-16;/h2,4-5,14H,3,6-13,15H2,1H3,(H,22,23);1H. The van der Waals surface area contributed by atoms with Gasteiger partial charge in [0.1, 0.15) is 0 Å². The first-order valence-corrected chi connectivity index (χ1v) is 10.2. The van der Waals surface area contributed by atoms with E-state index in [0.29, 0.717) is 32.4 Å². The van der Waals surface area contributed by atoms with Crippen LogP contribution < -0.4 is 5.32 Å². The van der Waals surface area contributed by atoms with Gasteiger partial charge in [0, 0.05) is 70.7 Å². The number of hydrogen-bond acceptors (Lipinski definition) is 4. The molecule has 0 saturated carbocycles. The molecular formula is C20H29ClIN5O2. The first-order chi connectivity index (χ1) is 13.6. The van der Waals surface area contributed by atoms with Crippen LogP contribution in [0.2, 0.25) is 5.02 Å². The number of aliphatic imine (C=N–C) groups is 1. The van der Waals surface area contributed by atoms with E-state index in [2.05, 4.69) is 26.2 Å². The minimum Gasteiger partial charge on any atom is -0.354 e. The van der Waals surface area contributed by atoms with E-state index in [4.69, 9.17) is 11.6 Å². The number of nitrogens with zero attached hydrogens (tertiary/aromatic N) is 4. The Morgan fingerprint density at radius 2 is 1.83 bits per heavy atom. The van der Waals surface area contributed by atoms with Gasteiger partial charge in [-0.2, -0.15) is 0 Å². The van der Waals surface area contributed by atoms with E-state index in [9.17, 15) is 9.59 Å². The summed E-state index contributed by atoms with van der Waals surface area (Å²) < 4.78 is 0. The summed E-state index contributed by atoms with van der Waals surface area (Å²) in [7, 11) is 1.76. The van der Waals surface area contributed by atoms with E-state index >= 15 is 0 Å². The number of carbonyl (C=O) groups is 2. The Kier molecular flexibility index (Phi) is 9.64. The summed E-state index contributed by atoms with van der Waals surface area (Å²) in [4.78, 5) is 34.1. The van der Waals surface area contributed by atoms with Crippen LogP contribution in [-0.4, -0.2) is 78.8 Å². The van der Waals surface area contributed by atoms with Crippen LogP contribution in [0.3, 0.4) is 0 Å². The molecule has 2 aliphatic rings. The molecule has 2 amide bonds. The third-order valence-electron chi connectivity index (χ3n) is 5.18. The molecule has 0 aromatic heterocycles. The third kappa shape index (κ3) is 6.82. The fourth-order valence-electron chi connectivity index (χ4n) is 3.67. The van der Waals surface area contributed by atoms with Gasteiger partial charge in [0.05, 0.1) is 0 Å². The molecule has 29 heavy (non-hydrogen) atoms.